The third-order valence-electron chi connectivity index (χ3n) is 2.66. The Balaban J connectivity index is 3.21. The first-order valence-corrected chi connectivity index (χ1v) is 7.07. The third kappa shape index (κ3) is 4.98. The van der Waals surface area contributed by atoms with Crippen LogP contribution < -0.4 is 10.6 Å². The number of anilines is 1. The number of esters is 2. The van der Waals surface area contributed by atoms with E-state index >= 15 is 0 Å². The molecule has 1 aromatic rings. The second kappa shape index (κ2) is 7.94. The molecule has 0 amide bonds. The molecule has 1 aromatic carbocycles. The highest BCUT2D eigenvalue weighted by molar-refractivity contribution is 9.10. The second-order valence-corrected chi connectivity index (χ2v) is 5.39. The number of hydrogen-bond donors (Lipinski definition) is 1. The Hall–Kier alpha value is -1.67. The van der Waals surface area contributed by atoms with Crippen molar-refractivity contribution in [1.29, 1.82) is 0 Å². The van der Waals surface area contributed by atoms with Gasteiger partial charge in [0.2, 0.25) is 0 Å². The molecule has 0 saturated heterocycles. The predicted molar refractivity (Wildman–Crippen MR) is 86.3 cm³/mol. The van der Waals surface area contributed by atoms with Gasteiger partial charge in [0.1, 0.15) is 18.1 Å². The van der Waals surface area contributed by atoms with Crippen molar-refractivity contribution in [2.75, 3.05) is 32.2 Å². The minimum absolute atomic E-state index is 0.122. The molecule has 8 heteroatoms. The summed E-state index contributed by atoms with van der Waals surface area (Å²) in [7, 11) is 2.55. The van der Waals surface area contributed by atoms with E-state index in [2.05, 4.69) is 25.4 Å². The second-order valence-electron chi connectivity index (χ2n) is 4.03. The van der Waals surface area contributed by atoms with Crippen molar-refractivity contribution < 1.29 is 19.1 Å². The maximum Gasteiger partial charge on any atom is 0.325 e. The monoisotopic (exact) mass is 374 g/mol. The molecule has 114 valence electrons. The Labute approximate surface area is 136 Å². The third-order valence-corrected chi connectivity index (χ3v) is 3.37. The summed E-state index contributed by atoms with van der Waals surface area (Å²) in [5.74, 6) is -0.980. The van der Waals surface area contributed by atoms with Crippen LogP contribution in [0, 0.1) is 0 Å². The Bertz CT molecular complexity index is 547. The van der Waals surface area contributed by atoms with Crippen LogP contribution in [-0.4, -0.2) is 44.2 Å². The highest BCUT2D eigenvalue weighted by Crippen LogP contribution is 2.25. The van der Waals surface area contributed by atoms with E-state index in [-0.39, 0.29) is 18.1 Å². The maximum atomic E-state index is 11.5. The van der Waals surface area contributed by atoms with Gasteiger partial charge in [-0.25, -0.2) is 0 Å². The van der Waals surface area contributed by atoms with E-state index in [1.54, 1.807) is 18.2 Å². The fourth-order valence-corrected chi connectivity index (χ4v) is 2.17. The van der Waals surface area contributed by atoms with Gasteiger partial charge in [0.05, 0.1) is 14.2 Å². The van der Waals surface area contributed by atoms with Crippen LogP contribution in [-0.2, 0) is 19.1 Å². The summed E-state index contributed by atoms with van der Waals surface area (Å²) >= 11 is 8.34. The van der Waals surface area contributed by atoms with Crippen molar-refractivity contribution in [3.63, 3.8) is 0 Å². The molecule has 0 aromatic heterocycles. The fraction of sp³-hybridized carbons (Fsp3) is 0.308. The lowest BCUT2D eigenvalue weighted by atomic mass is 10.1. The van der Waals surface area contributed by atoms with E-state index in [9.17, 15) is 9.59 Å². The van der Waals surface area contributed by atoms with Gasteiger partial charge in [-0.15, -0.1) is 0 Å². The van der Waals surface area contributed by atoms with Crippen LogP contribution in [0.1, 0.15) is 5.56 Å². The van der Waals surface area contributed by atoms with Gasteiger partial charge in [-0.2, -0.15) is 0 Å². The Morgan fingerprint density at radius 3 is 2.19 bits per heavy atom. The summed E-state index contributed by atoms with van der Waals surface area (Å²) in [4.78, 5) is 24.7. The molecule has 1 rings (SSSR count). The number of carbonyl (C=O) groups excluding carboxylic acids is 2. The highest BCUT2D eigenvalue weighted by atomic mass is 79.9. The van der Waals surface area contributed by atoms with Crippen LogP contribution in [0.3, 0.4) is 0 Å². The van der Waals surface area contributed by atoms with Gasteiger partial charge in [-0.3, -0.25) is 9.59 Å². The van der Waals surface area contributed by atoms with Crippen molar-refractivity contribution in [3.05, 3.63) is 28.2 Å². The van der Waals surface area contributed by atoms with Crippen LogP contribution in [0.25, 0.3) is 0 Å². The first-order chi connectivity index (χ1) is 9.88. The number of hydrogen-bond acceptors (Lipinski definition) is 6. The average Bonchev–Trinajstić information content (AvgIpc) is 2.45. The quantitative estimate of drug-likeness (QED) is 0.592. The standard InChI is InChI=1S/C13H15BrN2O4S/c1-19-11(17)6-16(7-12(18)20-2)10-4-3-8(14)5-9(10)13(15)21/h3-5H,6-7H2,1-2H3,(H2,15,21). The van der Waals surface area contributed by atoms with Gasteiger partial charge in [-0.1, -0.05) is 28.1 Å². The fourth-order valence-electron chi connectivity index (χ4n) is 1.65. The van der Waals surface area contributed by atoms with Crippen molar-refractivity contribution in [2.24, 2.45) is 5.73 Å². The van der Waals surface area contributed by atoms with E-state index < -0.39 is 11.9 Å². The number of nitrogens with two attached hydrogens (primary N) is 1. The largest absolute Gasteiger partial charge is 0.468 e. The molecule has 0 bridgehead atoms. The summed E-state index contributed by atoms with van der Waals surface area (Å²) in [6.45, 7) is -0.244. The molecule has 2 N–H and O–H groups in total. The SMILES string of the molecule is COC(=O)CN(CC(=O)OC)c1ccc(Br)cc1C(N)=S. The van der Waals surface area contributed by atoms with Gasteiger partial charge < -0.3 is 20.1 Å². The first kappa shape index (κ1) is 17.4. The molecule has 0 heterocycles. The number of nitrogens with zero attached hydrogens (tertiary/aromatic N) is 1. The van der Waals surface area contributed by atoms with Crippen LogP contribution in [0.4, 0.5) is 5.69 Å². The van der Waals surface area contributed by atoms with E-state index in [0.717, 1.165) is 4.47 Å². The number of halogens is 1. The lowest BCUT2D eigenvalue weighted by molar-refractivity contribution is -0.140. The summed E-state index contributed by atoms with van der Waals surface area (Å²) in [6, 6.07) is 5.20. The first-order valence-electron chi connectivity index (χ1n) is 5.87. The molecule has 0 aliphatic rings. The lowest BCUT2D eigenvalue weighted by Crippen LogP contribution is -2.37. The van der Waals surface area contributed by atoms with Gasteiger partial charge in [-0.05, 0) is 18.2 Å². The molecule has 0 spiro atoms. The smallest absolute Gasteiger partial charge is 0.325 e. The molecule has 0 aliphatic heterocycles. The molecule has 0 atom stereocenters. The summed E-state index contributed by atoms with van der Waals surface area (Å²) in [6.07, 6.45) is 0. The van der Waals surface area contributed by atoms with Gasteiger partial charge in [0.15, 0.2) is 0 Å². The van der Waals surface area contributed by atoms with Crippen molar-refractivity contribution >= 4 is 50.8 Å². The lowest BCUT2D eigenvalue weighted by Gasteiger charge is -2.24. The van der Waals surface area contributed by atoms with Gasteiger partial charge in [0, 0.05) is 15.7 Å². The number of benzene rings is 1. The van der Waals surface area contributed by atoms with Crippen LogP contribution >= 0.6 is 28.1 Å². The van der Waals surface area contributed by atoms with Gasteiger partial charge in [0.25, 0.3) is 0 Å². The number of ether oxygens (including phenoxy) is 2. The average molecular weight is 375 g/mol. The van der Waals surface area contributed by atoms with E-state index in [1.807, 2.05) is 0 Å². The number of rotatable bonds is 6. The summed E-state index contributed by atoms with van der Waals surface area (Å²) in [5.41, 5.74) is 6.80. The van der Waals surface area contributed by atoms with Crippen molar-refractivity contribution in [2.45, 2.75) is 0 Å². The zero-order chi connectivity index (χ0) is 16.0. The Morgan fingerprint density at radius 2 is 1.76 bits per heavy atom. The van der Waals surface area contributed by atoms with Crippen LogP contribution in [0.15, 0.2) is 22.7 Å². The van der Waals surface area contributed by atoms with Crippen molar-refractivity contribution in [3.8, 4) is 0 Å². The normalized spacial score (nSPS) is 9.86. The van der Waals surface area contributed by atoms with E-state index in [0.29, 0.717) is 11.3 Å². The molecule has 0 aliphatic carbocycles. The van der Waals surface area contributed by atoms with Crippen molar-refractivity contribution in [1.82, 2.24) is 0 Å². The summed E-state index contributed by atoms with van der Waals surface area (Å²) in [5, 5.41) is 0. The number of carbonyl (C=O) groups is 2. The molecule has 0 unspecified atom stereocenters. The van der Waals surface area contributed by atoms with E-state index in [4.69, 9.17) is 18.0 Å². The molecular weight excluding hydrogens is 360 g/mol. The topological polar surface area (TPSA) is 81.9 Å². The molecule has 0 radical (unpaired) electrons. The van der Waals surface area contributed by atoms with Gasteiger partial charge >= 0.3 is 11.9 Å². The maximum absolute atomic E-state index is 11.5. The van der Waals surface area contributed by atoms with E-state index in [1.165, 1.54) is 19.1 Å². The minimum atomic E-state index is -0.490. The zero-order valence-corrected chi connectivity index (χ0v) is 14.0. The minimum Gasteiger partial charge on any atom is -0.468 e. The molecule has 0 fully saturated rings. The predicted octanol–water partition coefficient (Wildman–Crippen LogP) is 1.24. The molecule has 21 heavy (non-hydrogen) atoms. The summed E-state index contributed by atoms with van der Waals surface area (Å²) < 4.78 is 10.1. The van der Waals surface area contributed by atoms with Crippen LogP contribution in [0.5, 0.6) is 0 Å². The Kier molecular flexibility index (Phi) is 6.57. The van der Waals surface area contributed by atoms with Crippen LogP contribution in [0.2, 0.25) is 0 Å². The zero-order valence-electron chi connectivity index (χ0n) is 11.6. The molecular formula is C13H15BrN2O4S. The molecule has 0 saturated carbocycles. The highest BCUT2D eigenvalue weighted by Gasteiger charge is 2.20. The Morgan fingerprint density at radius 1 is 1.24 bits per heavy atom. The number of thiocarbonyl (C=S) groups is 1. The number of methoxy groups -OCH3 is 2. The molecule has 6 nitrogen and oxygen atoms in total.